The number of aromatic nitrogens is 1. The van der Waals surface area contributed by atoms with Crippen LogP contribution in [0.4, 0.5) is 0 Å². The van der Waals surface area contributed by atoms with Gasteiger partial charge in [0.2, 0.25) is 0 Å². The van der Waals surface area contributed by atoms with Gasteiger partial charge >= 0.3 is 0 Å². The number of rotatable bonds is 3. The summed E-state index contributed by atoms with van der Waals surface area (Å²) in [5.74, 6) is -0.0313. The first-order valence-electron chi connectivity index (χ1n) is 7.27. The molecule has 3 aromatic rings. The van der Waals surface area contributed by atoms with Crippen LogP contribution in [0.2, 0.25) is 15.1 Å². The maximum Gasteiger partial charge on any atom is 0.286 e. The van der Waals surface area contributed by atoms with E-state index in [0.29, 0.717) is 25.6 Å². The molecule has 0 aliphatic rings. The summed E-state index contributed by atoms with van der Waals surface area (Å²) in [5, 5.41) is 1.48. The van der Waals surface area contributed by atoms with Gasteiger partial charge in [0.05, 0.1) is 20.3 Å². The number of amides is 1. The van der Waals surface area contributed by atoms with Gasteiger partial charge in [-0.3, -0.25) is 4.79 Å². The zero-order chi connectivity index (χ0) is 18.1. The number of nitrogens with zero attached hydrogens (tertiary/aromatic N) is 2. The molecule has 3 rings (SSSR count). The van der Waals surface area contributed by atoms with Crippen LogP contribution in [0.15, 0.2) is 35.3 Å². The minimum Gasteiger partial charge on any atom is -0.482 e. The van der Waals surface area contributed by atoms with Gasteiger partial charge in [0.25, 0.3) is 5.91 Å². The van der Waals surface area contributed by atoms with Crippen molar-refractivity contribution in [2.24, 2.45) is 12.0 Å². The van der Waals surface area contributed by atoms with E-state index in [4.69, 9.17) is 39.5 Å². The Labute approximate surface area is 163 Å². The van der Waals surface area contributed by atoms with E-state index in [0.717, 1.165) is 15.8 Å². The zero-order valence-corrected chi connectivity index (χ0v) is 16.4. The quantitative estimate of drug-likeness (QED) is 0.603. The number of halogens is 3. The molecule has 1 amide bonds. The summed E-state index contributed by atoms with van der Waals surface area (Å²) in [5.41, 5.74) is 2.03. The second kappa shape index (κ2) is 7.38. The summed E-state index contributed by atoms with van der Waals surface area (Å²) >= 11 is 19.5. The lowest BCUT2D eigenvalue weighted by atomic mass is 10.2. The molecule has 1 heterocycles. The Hall–Kier alpha value is -1.53. The van der Waals surface area contributed by atoms with Crippen molar-refractivity contribution in [2.45, 2.75) is 6.92 Å². The van der Waals surface area contributed by atoms with E-state index in [9.17, 15) is 4.79 Å². The van der Waals surface area contributed by atoms with E-state index in [2.05, 4.69) is 4.99 Å². The molecular weight excluding hydrogens is 403 g/mol. The molecule has 0 unspecified atom stereocenters. The summed E-state index contributed by atoms with van der Waals surface area (Å²) < 4.78 is 8.18. The van der Waals surface area contributed by atoms with Gasteiger partial charge in [0, 0.05) is 12.1 Å². The molecule has 8 heteroatoms. The van der Waals surface area contributed by atoms with Crippen LogP contribution in [0.3, 0.4) is 0 Å². The largest absolute Gasteiger partial charge is 0.482 e. The highest BCUT2D eigenvalue weighted by Gasteiger charge is 2.11. The average Bonchev–Trinajstić information content (AvgIpc) is 2.88. The number of fused-ring (bicyclic) bond motifs is 1. The van der Waals surface area contributed by atoms with Gasteiger partial charge in [-0.25, -0.2) is 0 Å². The molecule has 1 aromatic heterocycles. The van der Waals surface area contributed by atoms with Crippen molar-refractivity contribution in [3.63, 3.8) is 0 Å². The minimum absolute atomic E-state index is 0.220. The van der Waals surface area contributed by atoms with Crippen LogP contribution < -0.4 is 9.54 Å². The van der Waals surface area contributed by atoms with Crippen molar-refractivity contribution in [1.29, 1.82) is 0 Å². The van der Waals surface area contributed by atoms with Crippen LogP contribution in [-0.2, 0) is 11.8 Å². The highest BCUT2D eigenvalue weighted by molar-refractivity contribution is 7.17. The average molecular weight is 416 g/mol. The second-order valence-corrected chi connectivity index (χ2v) is 7.58. The molecule has 0 radical (unpaired) electrons. The Morgan fingerprint density at radius 1 is 1.20 bits per heavy atom. The molecule has 0 atom stereocenters. The lowest BCUT2D eigenvalue weighted by Crippen LogP contribution is -2.17. The third-order valence-corrected chi connectivity index (χ3v) is 5.69. The van der Waals surface area contributed by atoms with Crippen LogP contribution in [0, 0.1) is 6.92 Å². The fourth-order valence-electron chi connectivity index (χ4n) is 2.38. The van der Waals surface area contributed by atoms with Crippen LogP contribution >= 0.6 is 46.1 Å². The molecule has 0 saturated heterocycles. The molecule has 2 aromatic carbocycles. The fraction of sp³-hybridized carbons (Fsp3) is 0.176. The number of carbonyl (C=O) groups excluding carboxylic acids is 1. The molecule has 0 fully saturated rings. The number of benzene rings is 2. The predicted molar refractivity (Wildman–Crippen MR) is 103 cm³/mol. The van der Waals surface area contributed by atoms with Gasteiger partial charge in [0.15, 0.2) is 11.4 Å². The molecular formula is C17H13Cl3N2O2S. The van der Waals surface area contributed by atoms with E-state index < -0.39 is 5.91 Å². The summed E-state index contributed by atoms with van der Waals surface area (Å²) in [6, 6.07) is 8.58. The number of aryl methyl sites for hydroxylation is 2. The van der Waals surface area contributed by atoms with Crippen molar-refractivity contribution >= 4 is 62.3 Å². The smallest absolute Gasteiger partial charge is 0.286 e. The normalized spacial score (nSPS) is 12.0. The summed E-state index contributed by atoms with van der Waals surface area (Å²) in [6.45, 7) is 1.77. The standard InChI is InChI=1S/C17H13Cl3N2O2S/c1-9-3-5-11(19)16-15(9)22(2)17(25-16)21-14(23)8-24-13-6-4-10(18)7-12(13)20/h3-7H,8H2,1-2H3. The third kappa shape index (κ3) is 3.85. The van der Waals surface area contributed by atoms with Crippen LogP contribution in [0.1, 0.15) is 5.56 Å². The van der Waals surface area contributed by atoms with Crippen LogP contribution in [0.25, 0.3) is 10.2 Å². The van der Waals surface area contributed by atoms with Gasteiger partial charge in [-0.2, -0.15) is 4.99 Å². The van der Waals surface area contributed by atoms with Crippen molar-refractivity contribution < 1.29 is 9.53 Å². The first kappa shape index (κ1) is 18.3. The highest BCUT2D eigenvalue weighted by Crippen LogP contribution is 2.29. The van der Waals surface area contributed by atoms with Gasteiger partial charge in [0.1, 0.15) is 5.75 Å². The molecule has 0 bridgehead atoms. The molecule has 0 aliphatic heterocycles. The first-order valence-corrected chi connectivity index (χ1v) is 9.22. The Kier molecular flexibility index (Phi) is 5.39. The Balaban J connectivity index is 1.86. The lowest BCUT2D eigenvalue weighted by molar-refractivity contribution is -0.120. The molecule has 0 N–H and O–H groups in total. The molecule has 25 heavy (non-hydrogen) atoms. The minimum atomic E-state index is -0.415. The number of hydrogen-bond acceptors (Lipinski definition) is 3. The van der Waals surface area contributed by atoms with Crippen molar-refractivity contribution in [3.05, 3.63) is 55.8 Å². The van der Waals surface area contributed by atoms with E-state index >= 15 is 0 Å². The van der Waals surface area contributed by atoms with Gasteiger partial charge in [-0.1, -0.05) is 52.2 Å². The van der Waals surface area contributed by atoms with Crippen molar-refractivity contribution in [2.75, 3.05) is 6.61 Å². The van der Waals surface area contributed by atoms with Gasteiger partial charge in [-0.05, 0) is 36.8 Å². The SMILES string of the molecule is Cc1ccc(Cl)c2sc(=NC(=O)COc3ccc(Cl)cc3Cl)n(C)c12. The maximum absolute atomic E-state index is 12.2. The predicted octanol–water partition coefficient (Wildman–Crippen LogP) is 5.01. The number of thiazole rings is 1. The van der Waals surface area contributed by atoms with Crippen LogP contribution in [0.5, 0.6) is 5.75 Å². The zero-order valence-electron chi connectivity index (χ0n) is 13.3. The summed E-state index contributed by atoms with van der Waals surface area (Å²) in [7, 11) is 1.85. The van der Waals surface area contributed by atoms with Gasteiger partial charge in [-0.15, -0.1) is 0 Å². The van der Waals surface area contributed by atoms with E-state index in [1.807, 2.05) is 30.7 Å². The fourth-order valence-corrected chi connectivity index (χ4v) is 4.23. The van der Waals surface area contributed by atoms with Crippen molar-refractivity contribution in [1.82, 2.24) is 4.57 Å². The first-order chi connectivity index (χ1) is 11.9. The number of hydrogen-bond donors (Lipinski definition) is 0. The summed E-state index contributed by atoms with van der Waals surface area (Å²) in [6.07, 6.45) is 0. The molecule has 0 spiro atoms. The van der Waals surface area contributed by atoms with E-state index in [-0.39, 0.29) is 6.61 Å². The Morgan fingerprint density at radius 3 is 2.64 bits per heavy atom. The van der Waals surface area contributed by atoms with Crippen LogP contribution in [-0.4, -0.2) is 17.1 Å². The summed E-state index contributed by atoms with van der Waals surface area (Å²) in [4.78, 5) is 16.8. The lowest BCUT2D eigenvalue weighted by Gasteiger charge is -2.05. The third-order valence-electron chi connectivity index (χ3n) is 3.57. The Morgan fingerprint density at radius 2 is 1.96 bits per heavy atom. The van der Waals surface area contributed by atoms with Gasteiger partial charge < -0.3 is 9.30 Å². The molecule has 4 nitrogen and oxygen atoms in total. The monoisotopic (exact) mass is 414 g/mol. The molecule has 0 saturated carbocycles. The van der Waals surface area contributed by atoms with E-state index in [1.165, 1.54) is 11.3 Å². The maximum atomic E-state index is 12.2. The second-order valence-electron chi connectivity index (χ2n) is 5.35. The number of ether oxygens (including phenoxy) is 1. The highest BCUT2D eigenvalue weighted by atomic mass is 35.5. The Bertz CT molecular complexity index is 1040. The topological polar surface area (TPSA) is 43.6 Å². The van der Waals surface area contributed by atoms with E-state index in [1.54, 1.807) is 18.2 Å². The number of carbonyl (C=O) groups is 1. The van der Waals surface area contributed by atoms with Crippen molar-refractivity contribution in [3.8, 4) is 5.75 Å². The molecule has 0 aliphatic carbocycles. The molecule has 130 valence electrons.